The zero-order chi connectivity index (χ0) is 9.84. The fourth-order valence-electron chi connectivity index (χ4n) is 0.806. The summed E-state index contributed by atoms with van der Waals surface area (Å²) in [6.07, 6.45) is 0. The molecule has 1 aromatic carbocycles. The lowest BCUT2D eigenvalue weighted by Gasteiger charge is -2.06. The van der Waals surface area contributed by atoms with Crippen molar-refractivity contribution in [2.24, 2.45) is 0 Å². The largest absolute Gasteiger partial charge is 0.430 e. The van der Waals surface area contributed by atoms with Crippen LogP contribution < -0.4 is 4.74 Å². The standard InChI is InChI=1S/C8H4F3NO/c9-6-3-1-2-5(4-12)7(6)13-8(10)11/h1-3,8H. The Labute approximate surface area is 72.2 Å². The van der Waals surface area contributed by atoms with Gasteiger partial charge in [-0.1, -0.05) is 6.07 Å². The number of para-hydroxylation sites is 1. The highest BCUT2D eigenvalue weighted by Gasteiger charge is 2.13. The van der Waals surface area contributed by atoms with Gasteiger partial charge in [0, 0.05) is 0 Å². The second-order valence-electron chi connectivity index (χ2n) is 2.11. The van der Waals surface area contributed by atoms with Crippen molar-refractivity contribution in [2.75, 3.05) is 0 Å². The smallest absolute Gasteiger partial charge is 0.387 e. The minimum Gasteiger partial charge on any atom is -0.430 e. The fourth-order valence-corrected chi connectivity index (χ4v) is 0.806. The van der Waals surface area contributed by atoms with Gasteiger partial charge in [0.1, 0.15) is 6.07 Å². The van der Waals surface area contributed by atoms with E-state index in [1.54, 1.807) is 6.07 Å². The first-order valence-corrected chi connectivity index (χ1v) is 3.28. The van der Waals surface area contributed by atoms with Gasteiger partial charge in [0.2, 0.25) is 0 Å². The topological polar surface area (TPSA) is 33.0 Å². The first-order chi connectivity index (χ1) is 6.15. The predicted octanol–water partition coefficient (Wildman–Crippen LogP) is 2.30. The number of ether oxygens (including phenoxy) is 1. The average Bonchev–Trinajstić information content (AvgIpc) is 2.08. The minimum atomic E-state index is -3.14. The zero-order valence-corrected chi connectivity index (χ0v) is 6.30. The fraction of sp³-hybridized carbons (Fsp3) is 0.125. The summed E-state index contributed by atoms with van der Waals surface area (Å²) in [4.78, 5) is 0. The van der Waals surface area contributed by atoms with Gasteiger partial charge in [0.25, 0.3) is 0 Å². The van der Waals surface area contributed by atoms with Gasteiger partial charge in [-0.2, -0.15) is 14.0 Å². The SMILES string of the molecule is N#Cc1cccc(F)c1OC(F)F. The van der Waals surface area contributed by atoms with Gasteiger partial charge >= 0.3 is 6.61 Å². The minimum absolute atomic E-state index is 0.250. The van der Waals surface area contributed by atoms with Gasteiger partial charge in [-0.05, 0) is 12.1 Å². The third-order valence-corrected chi connectivity index (χ3v) is 1.29. The zero-order valence-electron chi connectivity index (χ0n) is 6.30. The van der Waals surface area contributed by atoms with Crippen LogP contribution in [-0.4, -0.2) is 6.61 Å². The van der Waals surface area contributed by atoms with Crippen molar-refractivity contribution in [1.29, 1.82) is 5.26 Å². The van der Waals surface area contributed by atoms with E-state index >= 15 is 0 Å². The number of hydrogen-bond donors (Lipinski definition) is 0. The van der Waals surface area contributed by atoms with Crippen molar-refractivity contribution in [3.8, 4) is 11.8 Å². The quantitative estimate of drug-likeness (QED) is 0.711. The van der Waals surface area contributed by atoms with Crippen LogP contribution in [0.15, 0.2) is 18.2 Å². The summed E-state index contributed by atoms with van der Waals surface area (Å²) in [6, 6.07) is 4.92. The molecule has 0 atom stereocenters. The Kier molecular flexibility index (Phi) is 2.75. The average molecular weight is 187 g/mol. The Morgan fingerprint density at radius 3 is 2.62 bits per heavy atom. The molecule has 0 spiro atoms. The number of nitriles is 1. The summed E-state index contributed by atoms with van der Waals surface area (Å²) in [5.74, 6) is -1.68. The highest BCUT2D eigenvalue weighted by molar-refractivity contribution is 5.43. The van der Waals surface area contributed by atoms with Crippen molar-refractivity contribution in [1.82, 2.24) is 0 Å². The van der Waals surface area contributed by atoms with Crippen LogP contribution in [0.3, 0.4) is 0 Å². The summed E-state index contributed by atoms with van der Waals surface area (Å²) in [7, 11) is 0. The third kappa shape index (κ3) is 2.12. The summed E-state index contributed by atoms with van der Waals surface area (Å²) in [6.45, 7) is -3.14. The van der Waals surface area contributed by atoms with E-state index in [-0.39, 0.29) is 5.56 Å². The number of halogens is 3. The lowest BCUT2D eigenvalue weighted by atomic mass is 10.2. The molecule has 0 aromatic heterocycles. The summed E-state index contributed by atoms with van der Waals surface area (Å²) < 4.78 is 40.1. The molecule has 0 N–H and O–H groups in total. The number of nitrogens with zero attached hydrogens (tertiary/aromatic N) is 1. The molecule has 0 bridgehead atoms. The maximum absolute atomic E-state index is 12.8. The van der Waals surface area contributed by atoms with Crippen LogP contribution in [0.4, 0.5) is 13.2 Å². The van der Waals surface area contributed by atoms with Crippen LogP contribution in [0.5, 0.6) is 5.75 Å². The van der Waals surface area contributed by atoms with Crippen LogP contribution in [0, 0.1) is 17.1 Å². The second kappa shape index (κ2) is 3.81. The number of hydrogen-bond acceptors (Lipinski definition) is 2. The van der Waals surface area contributed by atoms with E-state index < -0.39 is 18.2 Å². The third-order valence-electron chi connectivity index (χ3n) is 1.29. The van der Waals surface area contributed by atoms with Gasteiger partial charge in [0.15, 0.2) is 11.6 Å². The van der Waals surface area contributed by atoms with Crippen LogP contribution in [0.25, 0.3) is 0 Å². The monoisotopic (exact) mass is 187 g/mol. The van der Waals surface area contributed by atoms with E-state index in [0.29, 0.717) is 0 Å². The Morgan fingerprint density at radius 2 is 2.08 bits per heavy atom. The molecule has 0 aliphatic heterocycles. The first-order valence-electron chi connectivity index (χ1n) is 3.28. The Balaban J connectivity index is 3.10. The molecule has 5 heteroatoms. The van der Waals surface area contributed by atoms with Crippen LogP contribution in [-0.2, 0) is 0 Å². The lowest BCUT2D eigenvalue weighted by Crippen LogP contribution is -2.05. The molecule has 0 aliphatic carbocycles. The van der Waals surface area contributed by atoms with E-state index in [2.05, 4.69) is 4.74 Å². The number of rotatable bonds is 2. The van der Waals surface area contributed by atoms with E-state index in [1.165, 1.54) is 12.1 Å². The molecule has 0 heterocycles. The molecule has 1 aromatic rings. The van der Waals surface area contributed by atoms with E-state index in [9.17, 15) is 13.2 Å². The molecule has 0 amide bonds. The maximum Gasteiger partial charge on any atom is 0.387 e. The van der Waals surface area contributed by atoms with Gasteiger partial charge in [-0.3, -0.25) is 0 Å². The van der Waals surface area contributed by atoms with E-state index in [4.69, 9.17) is 5.26 Å². The second-order valence-corrected chi connectivity index (χ2v) is 2.11. The van der Waals surface area contributed by atoms with Crippen LogP contribution in [0.2, 0.25) is 0 Å². The van der Waals surface area contributed by atoms with Crippen molar-refractivity contribution >= 4 is 0 Å². The molecule has 0 fully saturated rings. The highest BCUT2D eigenvalue weighted by atomic mass is 19.3. The van der Waals surface area contributed by atoms with Gasteiger partial charge in [-0.25, -0.2) is 4.39 Å². The number of benzene rings is 1. The van der Waals surface area contributed by atoms with Crippen LogP contribution in [0.1, 0.15) is 5.56 Å². The molecule has 0 radical (unpaired) electrons. The molecule has 13 heavy (non-hydrogen) atoms. The van der Waals surface area contributed by atoms with Gasteiger partial charge in [-0.15, -0.1) is 0 Å². The maximum atomic E-state index is 12.8. The van der Waals surface area contributed by atoms with Crippen molar-refractivity contribution in [3.05, 3.63) is 29.6 Å². The molecule has 0 unspecified atom stereocenters. The summed E-state index contributed by atoms with van der Waals surface area (Å²) in [5, 5.41) is 8.41. The van der Waals surface area contributed by atoms with E-state index in [0.717, 1.165) is 6.07 Å². The Morgan fingerprint density at radius 1 is 1.38 bits per heavy atom. The molecule has 2 nitrogen and oxygen atoms in total. The van der Waals surface area contributed by atoms with E-state index in [1.807, 2.05) is 0 Å². The summed E-state index contributed by atoms with van der Waals surface area (Å²) in [5.41, 5.74) is -0.250. The Hall–Kier alpha value is -1.70. The highest BCUT2D eigenvalue weighted by Crippen LogP contribution is 2.23. The van der Waals surface area contributed by atoms with Crippen LogP contribution >= 0.6 is 0 Å². The molecule has 68 valence electrons. The summed E-state index contributed by atoms with van der Waals surface area (Å²) >= 11 is 0. The number of alkyl halides is 2. The lowest BCUT2D eigenvalue weighted by molar-refractivity contribution is -0.0523. The molecular weight excluding hydrogens is 183 g/mol. The van der Waals surface area contributed by atoms with Crippen molar-refractivity contribution in [2.45, 2.75) is 6.61 Å². The molecule has 0 saturated heterocycles. The molecule has 0 aliphatic rings. The Bertz CT molecular complexity index is 346. The predicted molar refractivity (Wildman–Crippen MR) is 37.7 cm³/mol. The molecule has 1 rings (SSSR count). The van der Waals surface area contributed by atoms with Crippen molar-refractivity contribution in [3.63, 3.8) is 0 Å². The van der Waals surface area contributed by atoms with Gasteiger partial charge in [0.05, 0.1) is 5.56 Å². The normalized spacial score (nSPS) is 9.77. The molecule has 0 saturated carbocycles. The first kappa shape index (κ1) is 9.39. The van der Waals surface area contributed by atoms with Crippen molar-refractivity contribution < 1.29 is 17.9 Å². The molecular formula is C8H4F3NO. The van der Waals surface area contributed by atoms with Gasteiger partial charge < -0.3 is 4.74 Å².